The maximum absolute atomic E-state index is 4.42. The van der Waals surface area contributed by atoms with Crippen LogP contribution in [0.2, 0.25) is 0 Å². The van der Waals surface area contributed by atoms with Gasteiger partial charge in [-0.15, -0.1) is 0 Å². The molecule has 15 heavy (non-hydrogen) atoms. The topological polar surface area (TPSA) is 54.5 Å². The summed E-state index contributed by atoms with van der Waals surface area (Å²) in [6, 6.07) is 9.95. The Morgan fingerprint density at radius 1 is 1.00 bits per heavy atom. The van der Waals surface area contributed by atoms with Crippen LogP contribution in [0.25, 0.3) is 22.6 Å². The number of nitrogens with zero attached hydrogens (tertiary/aromatic N) is 3. The number of aromatic nitrogens is 4. The van der Waals surface area contributed by atoms with E-state index in [9.17, 15) is 0 Å². The quantitative estimate of drug-likeness (QED) is 0.647. The summed E-state index contributed by atoms with van der Waals surface area (Å²) in [6.45, 7) is 0. The van der Waals surface area contributed by atoms with E-state index >= 15 is 0 Å². The largest absolute Gasteiger partial charge is 0.328 e. The van der Waals surface area contributed by atoms with Crippen molar-refractivity contribution in [1.29, 1.82) is 0 Å². The molecular formula is C11H8N4. The fraction of sp³-hybridized carbons (Fsp3) is 0. The average molecular weight is 196 g/mol. The molecule has 0 aliphatic heterocycles. The van der Waals surface area contributed by atoms with Crippen molar-refractivity contribution in [3.05, 3.63) is 42.9 Å². The van der Waals surface area contributed by atoms with Gasteiger partial charge in [0.2, 0.25) is 0 Å². The van der Waals surface area contributed by atoms with Crippen LogP contribution in [-0.2, 0) is 0 Å². The molecule has 0 aliphatic carbocycles. The second-order valence-electron chi connectivity index (χ2n) is 3.20. The second kappa shape index (κ2) is 3.16. The summed E-state index contributed by atoms with van der Waals surface area (Å²) in [5.41, 5.74) is 3.28. The molecule has 0 fully saturated rings. The summed E-state index contributed by atoms with van der Waals surface area (Å²) in [7, 11) is 0. The molecular weight excluding hydrogens is 188 g/mol. The first kappa shape index (κ1) is 8.11. The van der Waals surface area contributed by atoms with Crippen LogP contribution < -0.4 is 0 Å². The predicted octanol–water partition coefficient (Wildman–Crippen LogP) is 2.02. The fourth-order valence-corrected chi connectivity index (χ4v) is 1.48. The van der Waals surface area contributed by atoms with Crippen molar-refractivity contribution < 1.29 is 0 Å². The monoisotopic (exact) mass is 196 g/mol. The number of hydrogen-bond donors (Lipinski definition) is 1. The molecule has 2 heterocycles. The molecule has 0 unspecified atom stereocenters. The fourth-order valence-electron chi connectivity index (χ4n) is 1.48. The van der Waals surface area contributed by atoms with E-state index in [0.717, 1.165) is 16.9 Å². The molecule has 0 spiro atoms. The van der Waals surface area contributed by atoms with Crippen molar-refractivity contribution in [3.8, 4) is 11.3 Å². The Hall–Kier alpha value is -2.23. The summed E-state index contributed by atoms with van der Waals surface area (Å²) in [4.78, 5) is 15.6. The second-order valence-corrected chi connectivity index (χ2v) is 3.20. The van der Waals surface area contributed by atoms with Crippen LogP contribution in [0.5, 0.6) is 0 Å². The van der Waals surface area contributed by atoms with Crippen LogP contribution in [0.1, 0.15) is 0 Å². The molecule has 3 aromatic rings. The summed E-state index contributed by atoms with van der Waals surface area (Å²) in [6.07, 6.45) is 3.33. The van der Waals surface area contributed by atoms with Crippen LogP contribution in [0.4, 0.5) is 0 Å². The zero-order chi connectivity index (χ0) is 10.1. The Balaban J connectivity index is 2.19. The van der Waals surface area contributed by atoms with E-state index in [2.05, 4.69) is 19.9 Å². The zero-order valence-corrected chi connectivity index (χ0v) is 7.88. The molecule has 0 saturated heterocycles. The van der Waals surface area contributed by atoms with E-state index in [-0.39, 0.29) is 0 Å². The Kier molecular flexibility index (Phi) is 1.71. The minimum atomic E-state index is 0.648. The molecule has 4 nitrogen and oxygen atoms in total. The molecule has 0 atom stereocenters. The molecule has 72 valence electrons. The Bertz CT molecular complexity index is 586. The van der Waals surface area contributed by atoms with Crippen molar-refractivity contribution in [2.75, 3.05) is 0 Å². The van der Waals surface area contributed by atoms with Gasteiger partial charge in [-0.2, -0.15) is 0 Å². The van der Waals surface area contributed by atoms with Gasteiger partial charge in [-0.1, -0.05) is 30.3 Å². The standard InChI is InChI=1S/C11H8N4/c1-2-4-8(5-3-1)9-6-12-10-11(15-9)14-7-13-10/h1-7H,(H,12,13,14,15). The highest BCUT2D eigenvalue weighted by atomic mass is 15.0. The molecule has 0 amide bonds. The highest BCUT2D eigenvalue weighted by Crippen LogP contribution is 2.16. The number of benzene rings is 1. The van der Waals surface area contributed by atoms with E-state index in [1.807, 2.05) is 30.3 Å². The van der Waals surface area contributed by atoms with Gasteiger partial charge < -0.3 is 4.98 Å². The van der Waals surface area contributed by atoms with Crippen LogP contribution in [0.15, 0.2) is 42.9 Å². The molecule has 2 aromatic heterocycles. The van der Waals surface area contributed by atoms with E-state index in [1.165, 1.54) is 0 Å². The van der Waals surface area contributed by atoms with Gasteiger partial charge in [0.25, 0.3) is 0 Å². The molecule has 4 heteroatoms. The first-order chi connectivity index (χ1) is 7.43. The van der Waals surface area contributed by atoms with Crippen molar-refractivity contribution in [2.24, 2.45) is 0 Å². The predicted molar refractivity (Wildman–Crippen MR) is 57.1 cm³/mol. The highest BCUT2D eigenvalue weighted by Gasteiger charge is 2.02. The molecule has 3 rings (SSSR count). The van der Waals surface area contributed by atoms with Crippen LogP contribution in [0, 0.1) is 0 Å². The van der Waals surface area contributed by atoms with Crippen LogP contribution in [-0.4, -0.2) is 19.9 Å². The summed E-state index contributed by atoms with van der Waals surface area (Å²) < 4.78 is 0. The number of fused-ring (bicyclic) bond motifs is 1. The third kappa shape index (κ3) is 1.36. The molecule has 1 N–H and O–H groups in total. The van der Waals surface area contributed by atoms with Gasteiger partial charge in [0.1, 0.15) is 0 Å². The third-order valence-corrected chi connectivity index (χ3v) is 2.21. The van der Waals surface area contributed by atoms with Gasteiger partial charge in [0, 0.05) is 5.56 Å². The minimum absolute atomic E-state index is 0.648. The lowest BCUT2D eigenvalue weighted by atomic mass is 10.2. The van der Waals surface area contributed by atoms with Crippen LogP contribution in [0.3, 0.4) is 0 Å². The van der Waals surface area contributed by atoms with Crippen molar-refractivity contribution >= 4 is 11.3 Å². The number of aromatic amines is 1. The summed E-state index contributed by atoms with van der Waals surface area (Å²) >= 11 is 0. The molecule has 0 bridgehead atoms. The van der Waals surface area contributed by atoms with Crippen molar-refractivity contribution in [1.82, 2.24) is 19.9 Å². The molecule has 0 aliphatic rings. The SMILES string of the molecule is c1ccc(-c2cnc3nc[nH]c3n2)cc1. The number of nitrogens with one attached hydrogen (secondary N) is 1. The zero-order valence-electron chi connectivity index (χ0n) is 7.88. The Morgan fingerprint density at radius 2 is 1.87 bits per heavy atom. The van der Waals surface area contributed by atoms with E-state index in [0.29, 0.717) is 5.65 Å². The van der Waals surface area contributed by atoms with Gasteiger partial charge in [-0.05, 0) is 0 Å². The maximum atomic E-state index is 4.42. The van der Waals surface area contributed by atoms with Gasteiger partial charge in [-0.25, -0.2) is 15.0 Å². The molecule has 0 radical (unpaired) electrons. The van der Waals surface area contributed by atoms with E-state index in [1.54, 1.807) is 12.5 Å². The van der Waals surface area contributed by atoms with Crippen molar-refractivity contribution in [3.63, 3.8) is 0 Å². The number of H-pyrrole nitrogens is 1. The summed E-state index contributed by atoms with van der Waals surface area (Å²) in [5.74, 6) is 0. The summed E-state index contributed by atoms with van der Waals surface area (Å²) in [5, 5.41) is 0. The molecule has 0 saturated carbocycles. The van der Waals surface area contributed by atoms with Gasteiger partial charge >= 0.3 is 0 Å². The van der Waals surface area contributed by atoms with Crippen LogP contribution >= 0.6 is 0 Å². The first-order valence-electron chi connectivity index (χ1n) is 4.65. The highest BCUT2D eigenvalue weighted by molar-refractivity contribution is 5.69. The average Bonchev–Trinajstić information content (AvgIpc) is 2.77. The van der Waals surface area contributed by atoms with Crippen molar-refractivity contribution in [2.45, 2.75) is 0 Å². The Morgan fingerprint density at radius 3 is 2.73 bits per heavy atom. The Labute approximate surface area is 86.0 Å². The minimum Gasteiger partial charge on any atom is -0.328 e. The normalized spacial score (nSPS) is 10.7. The molecule has 1 aromatic carbocycles. The third-order valence-electron chi connectivity index (χ3n) is 2.21. The number of imidazole rings is 1. The van der Waals surface area contributed by atoms with Gasteiger partial charge in [-0.3, -0.25) is 0 Å². The number of hydrogen-bond acceptors (Lipinski definition) is 3. The van der Waals surface area contributed by atoms with Gasteiger partial charge in [0.05, 0.1) is 18.2 Å². The maximum Gasteiger partial charge on any atom is 0.197 e. The lowest BCUT2D eigenvalue weighted by molar-refractivity contribution is 1.26. The van der Waals surface area contributed by atoms with E-state index < -0.39 is 0 Å². The lowest BCUT2D eigenvalue weighted by Gasteiger charge is -1.98. The first-order valence-corrected chi connectivity index (χ1v) is 4.65. The smallest absolute Gasteiger partial charge is 0.197 e. The lowest BCUT2D eigenvalue weighted by Crippen LogP contribution is -1.87. The number of rotatable bonds is 1. The van der Waals surface area contributed by atoms with E-state index in [4.69, 9.17) is 0 Å². The van der Waals surface area contributed by atoms with Gasteiger partial charge in [0.15, 0.2) is 11.3 Å².